The quantitative estimate of drug-likeness (QED) is 0.929. The summed E-state index contributed by atoms with van der Waals surface area (Å²) in [4.78, 5) is 24.2. The Morgan fingerprint density at radius 3 is 2.29 bits per heavy atom. The van der Waals surface area contributed by atoms with E-state index in [0.29, 0.717) is 0 Å². The maximum absolute atomic E-state index is 13.0. The first-order valence-corrected chi connectivity index (χ1v) is 6.36. The molecule has 0 unspecified atom stereocenters. The zero-order valence-electron chi connectivity index (χ0n) is 12.0. The number of rotatable bonds is 4. The van der Waals surface area contributed by atoms with Crippen molar-refractivity contribution in [3.05, 3.63) is 29.8 Å². The molecule has 0 spiro atoms. The molecule has 1 aromatic rings. The molecule has 0 radical (unpaired) electrons. The van der Waals surface area contributed by atoms with Gasteiger partial charge in [0.15, 0.2) is 0 Å². The monoisotopic (exact) mass is 302 g/mol. The van der Waals surface area contributed by atoms with Gasteiger partial charge in [-0.05, 0) is 26.0 Å². The molecule has 4 nitrogen and oxygen atoms in total. The van der Waals surface area contributed by atoms with Crippen molar-refractivity contribution in [3.8, 4) is 0 Å². The molecular formula is C14H17F3N2O2. The number of nitrogens with zero attached hydrogens (tertiary/aromatic N) is 1. The molecule has 0 saturated carbocycles. The van der Waals surface area contributed by atoms with Crippen molar-refractivity contribution >= 4 is 17.5 Å². The van der Waals surface area contributed by atoms with Crippen LogP contribution in [0.3, 0.4) is 0 Å². The molecular weight excluding hydrogens is 285 g/mol. The second-order valence-electron chi connectivity index (χ2n) is 4.84. The topological polar surface area (TPSA) is 49.4 Å². The maximum Gasteiger partial charge on any atom is 0.418 e. The van der Waals surface area contributed by atoms with Gasteiger partial charge in [0.2, 0.25) is 11.8 Å². The van der Waals surface area contributed by atoms with E-state index in [2.05, 4.69) is 5.32 Å². The minimum atomic E-state index is -4.60. The van der Waals surface area contributed by atoms with E-state index in [9.17, 15) is 22.8 Å². The van der Waals surface area contributed by atoms with Crippen LogP contribution in [0.4, 0.5) is 18.9 Å². The molecule has 0 atom stereocenters. The van der Waals surface area contributed by atoms with Crippen LogP contribution < -0.4 is 10.2 Å². The first-order chi connectivity index (χ1) is 9.62. The van der Waals surface area contributed by atoms with E-state index in [1.807, 2.05) is 0 Å². The van der Waals surface area contributed by atoms with E-state index in [0.717, 1.165) is 17.9 Å². The molecule has 7 heteroatoms. The van der Waals surface area contributed by atoms with Gasteiger partial charge in [-0.15, -0.1) is 0 Å². The Morgan fingerprint density at radius 2 is 1.81 bits per heavy atom. The number of hydrogen-bond acceptors (Lipinski definition) is 2. The van der Waals surface area contributed by atoms with Crippen LogP contribution in [0.15, 0.2) is 24.3 Å². The van der Waals surface area contributed by atoms with Crippen LogP contribution in [0.2, 0.25) is 0 Å². The maximum atomic E-state index is 13.0. The minimum absolute atomic E-state index is 0.163. The summed E-state index contributed by atoms with van der Waals surface area (Å²) in [6.07, 6.45) is -4.60. The van der Waals surface area contributed by atoms with Crippen LogP contribution in [-0.4, -0.2) is 24.4 Å². The normalized spacial score (nSPS) is 11.4. The lowest BCUT2D eigenvalue weighted by molar-refractivity contribution is -0.137. The Bertz CT molecular complexity index is 527. The van der Waals surface area contributed by atoms with E-state index in [4.69, 9.17) is 0 Å². The number of carbonyl (C=O) groups excluding carboxylic acids is 2. The van der Waals surface area contributed by atoms with E-state index in [1.54, 1.807) is 13.8 Å². The van der Waals surface area contributed by atoms with Gasteiger partial charge in [-0.1, -0.05) is 12.1 Å². The predicted molar refractivity (Wildman–Crippen MR) is 72.7 cm³/mol. The molecule has 21 heavy (non-hydrogen) atoms. The molecule has 0 aliphatic rings. The molecule has 1 aromatic carbocycles. The molecule has 116 valence electrons. The Kier molecular flexibility index (Phi) is 5.34. The Hall–Kier alpha value is -2.05. The third-order valence-corrected chi connectivity index (χ3v) is 2.63. The van der Waals surface area contributed by atoms with Gasteiger partial charge in [0.05, 0.1) is 11.3 Å². The molecule has 0 aromatic heterocycles. The Morgan fingerprint density at radius 1 is 1.24 bits per heavy atom. The van der Waals surface area contributed by atoms with Crippen molar-refractivity contribution in [2.45, 2.75) is 33.0 Å². The average molecular weight is 302 g/mol. The number of halogens is 3. The number of para-hydroxylation sites is 1. The lowest BCUT2D eigenvalue weighted by Gasteiger charge is -2.24. The molecule has 0 bridgehead atoms. The van der Waals surface area contributed by atoms with Crippen molar-refractivity contribution in [2.75, 3.05) is 11.4 Å². The summed E-state index contributed by atoms with van der Waals surface area (Å²) < 4.78 is 38.9. The zero-order valence-corrected chi connectivity index (χ0v) is 12.0. The zero-order chi connectivity index (χ0) is 16.2. The van der Waals surface area contributed by atoms with Crippen molar-refractivity contribution in [2.24, 2.45) is 0 Å². The summed E-state index contributed by atoms with van der Waals surface area (Å²) in [7, 11) is 0. The van der Waals surface area contributed by atoms with Gasteiger partial charge < -0.3 is 10.2 Å². The molecule has 0 fully saturated rings. The molecule has 1 N–H and O–H groups in total. The summed E-state index contributed by atoms with van der Waals surface area (Å²) in [6, 6.07) is 4.52. The highest BCUT2D eigenvalue weighted by Crippen LogP contribution is 2.36. The first kappa shape index (κ1) is 17.0. The molecule has 0 saturated heterocycles. The van der Waals surface area contributed by atoms with Crippen molar-refractivity contribution in [1.82, 2.24) is 5.32 Å². The highest BCUT2D eigenvalue weighted by Gasteiger charge is 2.35. The Balaban J connectivity index is 3.13. The van der Waals surface area contributed by atoms with E-state index < -0.39 is 30.1 Å². The second kappa shape index (κ2) is 6.60. The standard InChI is InChI=1S/C14H17F3N2O2/c1-9(2)18-13(21)8-19(10(3)20)12-7-5-4-6-11(12)14(15,16)17/h4-7,9H,8H2,1-3H3,(H,18,21). The van der Waals surface area contributed by atoms with Gasteiger partial charge >= 0.3 is 6.18 Å². The fourth-order valence-electron chi connectivity index (χ4n) is 1.83. The van der Waals surface area contributed by atoms with Crippen LogP contribution in [0.25, 0.3) is 0 Å². The first-order valence-electron chi connectivity index (χ1n) is 6.36. The number of alkyl halides is 3. The van der Waals surface area contributed by atoms with Crippen LogP contribution in [0, 0.1) is 0 Å². The van der Waals surface area contributed by atoms with E-state index in [-0.39, 0.29) is 11.7 Å². The van der Waals surface area contributed by atoms with Crippen LogP contribution in [-0.2, 0) is 15.8 Å². The number of anilines is 1. The van der Waals surface area contributed by atoms with E-state index >= 15 is 0 Å². The summed E-state index contributed by atoms with van der Waals surface area (Å²) in [5.74, 6) is -1.15. The van der Waals surface area contributed by atoms with Crippen LogP contribution >= 0.6 is 0 Å². The number of amides is 2. The van der Waals surface area contributed by atoms with Gasteiger partial charge in [-0.3, -0.25) is 9.59 Å². The summed E-state index contributed by atoms with van der Waals surface area (Å²) in [6.45, 7) is 4.11. The fraction of sp³-hybridized carbons (Fsp3) is 0.429. The number of benzene rings is 1. The van der Waals surface area contributed by atoms with Gasteiger partial charge in [0, 0.05) is 13.0 Å². The smallest absolute Gasteiger partial charge is 0.352 e. The lowest BCUT2D eigenvalue weighted by Crippen LogP contribution is -2.42. The third-order valence-electron chi connectivity index (χ3n) is 2.63. The molecule has 1 rings (SSSR count). The minimum Gasteiger partial charge on any atom is -0.352 e. The molecule has 0 aliphatic heterocycles. The molecule has 0 heterocycles. The van der Waals surface area contributed by atoms with Crippen LogP contribution in [0.1, 0.15) is 26.3 Å². The third kappa shape index (κ3) is 4.77. The van der Waals surface area contributed by atoms with Gasteiger partial charge in [0.25, 0.3) is 0 Å². The average Bonchev–Trinajstić information content (AvgIpc) is 2.33. The highest BCUT2D eigenvalue weighted by atomic mass is 19.4. The number of carbonyl (C=O) groups is 2. The van der Waals surface area contributed by atoms with Gasteiger partial charge in [0.1, 0.15) is 6.54 Å². The summed E-state index contributed by atoms with van der Waals surface area (Å²) in [5, 5.41) is 2.54. The van der Waals surface area contributed by atoms with Crippen molar-refractivity contribution in [1.29, 1.82) is 0 Å². The summed E-state index contributed by atoms with van der Waals surface area (Å²) in [5.41, 5.74) is -1.27. The lowest BCUT2D eigenvalue weighted by atomic mass is 10.1. The van der Waals surface area contributed by atoms with Gasteiger partial charge in [-0.2, -0.15) is 13.2 Å². The number of hydrogen-bond donors (Lipinski definition) is 1. The van der Waals surface area contributed by atoms with Crippen LogP contribution in [0.5, 0.6) is 0 Å². The Labute approximate surface area is 120 Å². The van der Waals surface area contributed by atoms with Gasteiger partial charge in [-0.25, -0.2) is 0 Å². The molecule has 0 aliphatic carbocycles. The highest BCUT2D eigenvalue weighted by molar-refractivity contribution is 5.98. The fourth-order valence-corrected chi connectivity index (χ4v) is 1.83. The SMILES string of the molecule is CC(=O)N(CC(=O)NC(C)C)c1ccccc1C(F)(F)F. The number of nitrogens with one attached hydrogen (secondary N) is 1. The largest absolute Gasteiger partial charge is 0.418 e. The second-order valence-corrected chi connectivity index (χ2v) is 4.84. The van der Waals surface area contributed by atoms with E-state index in [1.165, 1.54) is 18.2 Å². The predicted octanol–water partition coefficient (Wildman–Crippen LogP) is 2.58. The van der Waals surface area contributed by atoms with Crippen molar-refractivity contribution < 1.29 is 22.8 Å². The van der Waals surface area contributed by atoms with Crippen molar-refractivity contribution in [3.63, 3.8) is 0 Å². The molecule has 2 amide bonds. The summed E-state index contributed by atoms with van der Waals surface area (Å²) >= 11 is 0.